The lowest BCUT2D eigenvalue weighted by Gasteiger charge is -2.02. The molecule has 21 heavy (non-hydrogen) atoms. The SMILES string of the molecule is CCOc1ncc(Cl)c2nc(SCc3ccccc3)nn12. The molecule has 0 saturated carbocycles. The number of fused-ring (bicyclic) bond motifs is 1. The second-order valence-corrected chi connectivity index (χ2v) is 5.58. The molecule has 2 heterocycles. The Bertz CT molecular complexity index is 747. The second-order valence-electron chi connectivity index (χ2n) is 4.23. The van der Waals surface area contributed by atoms with Gasteiger partial charge in [0, 0.05) is 5.75 Å². The van der Waals surface area contributed by atoms with Gasteiger partial charge in [-0.25, -0.2) is 4.98 Å². The van der Waals surface area contributed by atoms with E-state index in [1.54, 1.807) is 16.3 Å². The van der Waals surface area contributed by atoms with Gasteiger partial charge in [0.25, 0.3) is 0 Å². The summed E-state index contributed by atoms with van der Waals surface area (Å²) in [6, 6.07) is 10.6. The van der Waals surface area contributed by atoms with Crippen LogP contribution in [0.15, 0.2) is 41.7 Å². The molecule has 0 amide bonds. The maximum atomic E-state index is 6.11. The van der Waals surface area contributed by atoms with E-state index in [0.29, 0.717) is 28.4 Å². The van der Waals surface area contributed by atoms with Gasteiger partial charge < -0.3 is 4.74 Å². The first kappa shape index (κ1) is 14.2. The van der Waals surface area contributed by atoms with Crippen molar-refractivity contribution in [1.29, 1.82) is 0 Å². The molecule has 108 valence electrons. The molecule has 0 unspecified atom stereocenters. The minimum Gasteiger partial charge on any atom is -0.464 e. The van der Waals surface area contributed by atoms with Crippen LogP contribution < -0.4 is 4.74 Å². The smallest absolute Gasteiger partial charge is 0.319 e. The zero-order chi connectivity index (χ0) is 14.7. The van der Waals surface area contributed by atoms with Gasteiger partial charge in [0.2, 0.25) is 5.16 Å². The van der Waals surface area contributed by atoms with Crippen molar-refractivity contribution in [2.75, 3.05) is 6.61 Å². The Balaban J connectivity index is 1.86. The van der Waals surface area contributed by atoms with Crippen LogP contribution in [-0.4, -0.2) is 26.2 Å². The topological polar surface area (TPSA) is 52.3 Å². The average molecular weight is 321 g/mol. The molecule has 0 radical (unpaired) electrons. The largest absolute Gasteiger partial charge is 0.464 e. The molecular weight excluding hydrogens is 308 g/mol. The van der Waals surface area contributed by atoms with Crippen LogP contribution >= 0.6 is 23.4 Å². The number of halogens is 1. The summed E-state index contributed by atoms with van der Waals surface area (Å²) in [5.74, 6) is 0.798. The molecule has 0 aliphatic heterocycles. The van der Waals surface area contributed by atoms with E-state index in [2.05, 4.69) is 27.2 Å². The van der Waals surface area contributed by atoms with Gasteiger partial charge in [0.05, 0.1) is 12.8 Å². The third kappa shape index (κ3) is 3.11. The van der Waals surface area contributed by atoms with E-state index < -0.39 is 0 Å². The molecule has 0 N–H and O–H groups in total. The number of rotatable bonds is 5. The van der Waals surface area contributed by atoms with Crippen molar-refractivity contribution in [2.24, 2.45) is 0 Å². The molecule has 5 nitrogen and oxygen atoms in total. The molecule has 0 atom stereocenters. The van der Waals surface area contributed by atoms with Crippen molar-refractivity contribution in [3.8, 4) is 6.01 Å². The van der Waals surface area contributed by atoms with Crippen LogP contribution in [0.25, 0.3) is 5.65 Å². The highest BCUT2D eigenvalue weighted by Crippen LogP contribution is 2.24. The summed E-state index contributed by atoms with van der Waals surface area (Å²) in [6.45, 7) is 2.40. The zero-order valence-corrected chi connectivity index (χ0v) is 12.9. The summed E-state index contributed by atoms with van der Waals surface area (Å²) < 4.78 is 6.97. The molecule has 1 aromatic carbocycles. The first-order valence-electron chi connectivity index (χ1n) is 6.48. The van der Waals surface area contributed by atoms with Crippen LogP contribution in [0.1, 0.15) is 12.5 Å². The van der Waals surface area contributed by atoms with Crippen molar-refractivity contribution < 1.29 is 4.74 Å². The predicted molar refractivity (Wildman–Crippen MR) is 83.0 cm³/mol. The predicted octanol–water partition coefficient (Wildman–Crippen LogP) is 3.47. The highest BCUT2D eigenvalue weighted by Gasteiger charge is 2.13. The fourth-order valence-electron chi connectivity index (χ4n) is 1.82. The van der Waals surface area contributed by atoms with Gasteiger partial charge in [-0.3, -0.25) is 0 Å². The fourth-order valence-corrected chi connectivity index (χ4v) is 2.77. The standard InChI is InChI=1S/C14H13ClN4OS/c1-2-20-14-16-8-11(15)12-17-13(18-19(12)14)21-9-10-6-4-3-5-7-10/h3-8H,2,9H2,1H3. The normalized spacial score (nSPS) is 11.0. The second kappa shape index (κ2) is 6.32. The van der Waals surface area contributed by atoms with Gasteiger partial charge in [-0.05, 0) is 12.5 Å². The number of aromatic nitrogens is 4. The van der Waals surface area contributed by atoms with Crippen LogP contribution in [0, 0.1) is 0 Å². The summed E-state index contributed by atoms with van der Waals surface area (Å²) in [4.78, 5) is 8.56. The van der Waals surface area contributed by atoms with Crippen molar-refractivity contribution in [3.05, 3.63) is 47.1 Å². The van der Waals surface area contributed by atoms with Crippen LogP contribution in [0.4, 0.5) is 0 Å². The maximum absolute atomic E-state index is 6.11. The fraction of sp³-hybridized carbons (Fsp3) is 0.214. The molecule has 0 bridgehead atoms. The van der Waals surface area contributed by atoms with Crippen molar-refractivity contribution in [2.45, 2.75) is 17.8 Å². The number of ether oxygens (including phenoxy) is 1. The maximum Gasteiger partial charge on any atom is 0.319 e. The third-order valence-electron chi connectivity index (χ3n) is 2.76. The van der Waals surface area contributed by atoms with Crippen LogP contribution in [0.5, 0.6) is 6.01 Å². The highest BCUT2D eigenvalue weighted by molar-refractivity contribution is 7.98. The third-order valence-corrected chi connectivity index (χ3v) is 3.93. The van der Waals surface area contributed by atoms with Gasteiger partial charge in [-0.2, -0.15) is 9.50 Å². The first-order valence-corrected chi connectivity index (χ1v) is 7.85. The zero-order valence-electron chi connectivity index (χ0n) is 11.4. The van der Waals surface area contributed by atoms with Gasteiger partial charge in [0.1, 0.15) is 5.02 Å². The van der Waals surface area contributed by atoms with E-state index in [0.717, 1.165) is 5.75 Å². The molecule has 2 aromatic heterocycles. The Morgan fingerprint density at radius 3 is 2.86 bits per heavy atom. The average Bonchev–Trinajstić information content (AvgIpc) is 2.95. The summed E-state index contributed by atoms with van der Waals surface area (Å²) in [6.07, 6.45) is 1.53. The lowest BCUT2D eigenvalue weighted by molar-refractivity contribution is 0.302. The molecule has 3 aromatic rings. The van der Waals surface area contributed by atoms with Crippen LogP contribution in [-0.2, 0) is 5.75 Å². The number of nitrogens with zero attached hydrogens (tertiary/aromatic N) is 4. The number of hydrogen-bond acceptors (Lipinski definition) is 5. The first-order chi connectivity index (χ1) is 10.3. The highest BCUT2D eigenvalue weighted by atomic mass is 35.5. The molecule has 0 fully saturated rings. The Labute approximate surface area is 131 Å². The number of hydrogen-bond donors (Lipinski definition) is 0. The molecule has 0 saturated heterocycles. The lowest BCUT2D eigenvalue weighted by atomic mass is 10.2. The van der Waals surface area contributed by atoms with Crippen molar-refractivity contribution >= 4 is 29.0 Å². The summed E-state index contributed by atoms with van der Waals surface area (Å²) in [5.41, 5.74) is 1.78. The molecule has 3 rings (SSSR count). The van der Waals surface area contributed by atoms with Crippen molar-refractivity contribution in [1.82, 2.24) is 19.6 Å². The monoisotopic (exact) mass is 320 g/mol. The molecule has 0 aliphatic carbocycles. The Kier molecular flexibility index (Phi) is 4.26. The van der Waals surface area contributed by atoms with E-state index in [9.17, 15) is 0 Å². The van der Waals surface area contributed by atoms with Gasteiger partial charge in [-0.1, -0.05) is 53.7 Å². The summed E-state index contributed by atoms with van der Waals surface area (Å²) in [5, 5.41) is 5.51. The Morgan fingerprint density at radius 2 is 2.10 bits per heavy atom. The van der Waals surface area contributed by atoms with Crippen LogP contribution in [0.2, 0.25) is 5.02 Å². The number of benzene rings is 1. The van der Waals surface area contributed by atoms with Crippen LogP contribution in [0.3, 0.4) is 0 Å². The lowest BCUT2D eigenvalue weighted by Crippen LogP contribution is -2.02. The van der Waals surface area contributed by atoms with E-state index in [1.165, 1.54) is 11.8 Å². The summed E-state index contributed by atoms with van der Waals surface area (Å²) in [7, 11) is 0. The quantitative estimate of drug-likeness (QED) is 0.674. The molecule has 7 heteroatoms. The summed E-state index contributed by atoms with van der Waals surface area (Å²) >= 11 is 7.66. The molecule has 0 aliphatic rings. The van der Waals surface area contributed by atoms with Gasteiger partial charge in [-0.15, -0.1) is 5.10 Å². The van der Waals surface area contributed by atoms with E-state index in [4.69, 9.17) is 16.3 Å². The van der Waals surface area contributed by atoms with E-state index in [1.807, 2.05) is 25.1 Å². The van der Waals surface area contributed by atoms with E-state index >= 15 is 0 Å². The van der Waals surface area contributed by atoms with Crippen molar-refractivity contribution in [3.63, 3.8) is 0 Å². The Hall–Kier alpha value is -1.79. The Morgan fingerprint density at radius 1 is 1.29 bits per heavy atom. The minimum atomic E-state index is 0.399. The number of thioether (sulfide) groups is 1. The van der Waals surface area contributed by atoms with Gasteiger partial charge in [0.15, 0.2) is 5.65 Å². The minimum absolute atomic E-state index is 0.399. The van der Waals surface area contributed by atoms with E-state index in [-0.39, 0.29) is 0 Å². The van der Waals surface area contributed by atoms with Gasteiger partial charge >= 0.3 is 6.01 Å². The molecule has 0 spiro atoms. The molecular formula is C14H13ClN4OS.